The standard InChI is InChI=1S/C15H11BrN2O/c16-11-5-3-7-13-14(11)10(8-18-13)15(19)9-4-1-2-6-12(9)17/h1-8,18H,17H2. The van der Waals surface area contributed by atoms with Gasteiger partial charge in [0.15, 0.2) is 5.78 Å². The number of nitrogens with two attached hydrogens (primary N) is 1. The molecule has 0 aliphatic rings. The first kappa shape index (κ1) is 12.0. The molecule has 0 saturated carbocycles. The van der Waals surface area contributed by atoms with Crippen molar-refractivity contribution < 1.29 is 4.79 Å². The van der Waals surface area contributed by atoms with Gasteiger partial charge in [-0.2, -0.15) is 0 Å². The maximum atomic E-state index is 12.6. The number of H-pyrrole nitrogens is 1. The third-order valence-corrected chi connectivity index (χ3v) is 3.77. The first-order valence-corrected chi connectivity index (χ1v) is 6.62. The molecule has 0 bridgehead atoms. The van der Waals surface area contributed by atoms with Crippen LogP contribution in [0.4, 0.5) is 5.69 Å². The Balaban J connectivity index is 2.21. The zero-order valence-corrected chi connectivity index (χ0v) is 11.6. The van der Waals surface area contributed by atoms with Gasteiger partial charge in [0, 0.05) is 38.4 Å². The monoisotopic (exact) mass is 314 g/mol. The second-order valence-electron chi connectivity index (χ2n) is 4.28. The molecule has 0 fully saturated rings. The van der Waals surface area contributed by atoms with E-state index in [0.717, 1.165) is 15.4 Å². The van der Waals surface area contributed by atoms with Gasteiger partial charge in [0.25, 0.3) is 0 Å². The topological polar surface area (TPSA) is 58.9 Å². The van der Waals surface area contributed by atoms with E-state index in [1.54, 1.807) is 18.3 Å². The Kier molecular flexibility index (Phi) is 2.87. The molecule has 3 aromatic rings. The van der Waals surface area contributed by atoms with Crippen LogP contribution in [-0.2, 0) is 0 Å². The number of hydrogen-bond acceptors (Lipinski definition) is 2. The molecule has 3 N–H and O–H groups in total. The van der Waals surface area contributed by atoms with Crippen LogP contribution in [0.15, 0.2) is 53.1 Å². The molecular formula is C15H11BrN2O. The van der Waals surface area contributed by atoms with Crippen molar-refractivity contribution in [1.82, 2.24) is 4.98 Å². The van der Waals surface area contributed by atoms with Gasteiger partial charge in [-0.25, -0.2) is 0 Å². The minimum Gasteiger partial charge on any atom is -0.398 e. The molecule has 0 atom stereocenters. The third kappa shape index (κ3) is 1.94. The summed E-state index contributed by atoms with van der Waals surface area (Å²) in [4.78, 5) is 15.7. The first-order chi connectivity index (χ1) is 9.18. The molecule has 4 heteroatoms. The SMILES string of the molecule is Nc1ccccc1C(=O)c1c[nH]c2cccc(Br)c12. The number of aromatic nitrogens is 1. The fraction of sp³-hybridized carbons (Fsp3) is 0. The van der Waals surface area contributed by atoms with Gasteiger partial charge < -0.3 is 10.7 Å². The number of aromatic amines is 1. The number of para-hydroxylation sites is 1. The van der Waals surface area contributed by atoms with Crippen molar-refractivity contribution in [2.75, 3.05) is 5.73 Å². The minimum absolute atomic E-state index is 0.0729. The lowest BCUT2D eigenvalue weighted by molar-refractivity contribution is 0.104. The second-order valence-corrected chi connectivity index (χ2v) is 5.14. The predicted octanol–water partition coefficient (Wildman–Crippen LogP) is 3.74. The lowest BCUT2D eigenvalue weighted by Crippen LogP contribution is -2.04. The Morgan fingerprint density at radius 1 is 1.05 bits per heavy atom. The van der Waals surface area contributed by atoms with Gasteiger partial charge >= 0.3 is 0 Å². The molecule has 0 aliphatic heterocycles. The zero-order valence-electron chi connectivity index (χ0n) is 9.98. The average molecular weight is 315 g/mol. The van der Waals surface area contributed by atoms with Gasteiger partial charge in [-0.3, -0.25) is 4.79 Å². The summed E-state index contributed by atoms with van der Waals surface area (Å²) in [6.45, 7) is 0. The van der Waals surface area contributed by atoms with Crippen LogP contribution in [0.3, 0.4) is 0 Å². The molecule has 1 aromatic heterocycles. The molecule has 94 valence electrons. The fourth-order valence-corrected chi connectivity index (χ4v) is 2.75. The highest BCUT2D eigenvalue weighted by Crippen LogP contribution is 2.29. The maximum absolute atomic E-state index is 12.6. The molecule has 0 unspecified atom stereocenters. The number of halogens is 1. The van der Waals surface area contributed by atoms with Gasteiger partial charge in [-0.05, 0) is 24.3 Å². The smallest absolute Gasteiger partial charge is 0.197 e. The van der Waals surface area contributed by atoms with Crippen molar-refractivity contribution in [2.24, 2.45) is 0 Å². The molecular weight excluding hydrogens is 304 g/mol. The highest BCUT2D eigenvalue weighted by molar-refractivity contribution is 9.10. The van der Waals surface area contributed by atoms with Gasteiger partial charge in [0.1, 0.15) is 0 Å². The van der Waals surface area contributed by atoms with Crippen LogP contribution in [0.5, 0.6) is 0 Å². The number of hydrogen-bond donors (Lipinski definition) is 2. The van der Waals surface area contributed by atoms with E-state index in [1.807, 2.05) is 30.3 Å². The van der Waals surface area contributed by atoms with Crippen LogP contribution in [-0.4, -0.2) is 10.8 Å². The molecule has 0 radical (unpaired) electrons. The second kappa shape index (κ2) is 4.55. The molecule has 19 heavy (non-hydrogen) atoms. The Morgan fingerprint density at radius 3 is 2.63 bits per heavy atom. The number of carbonyl (C=O) groups excluding carboxylic acids is 1. The van der Waals surface area contributed by atoms with E-state index in [-0.39, 0.29) is 5.78 Å². The van der Waals surface area contributed by atoms with Crippen LogP contribution in [0.1, 0.15) is 15.9 Å². The molecule has 1 heterocycles. The number of carbonyl (C=O) groups is 1. The van der Waals surface area contributed by atoms with Gasteiger partial charge in [0.2, 0.25) is 0 Å². The number of ketones is 1. The van der Waals surface area contributed by atoms with E-state index in [4.69, 9.17) is 5.73 Å². The van der Waals surface area contributed by atoms with Crippen LogP contribution >= 0.6 is 15.9 Å². The van der Waals surface area contributed by atoms with E-state index in [9.17, 15) is 4.79 Å². The Labute approximate surface area is 118 Å². The fourth-order valence-electron chi connectivity index (χ4n) is 2.17. The number of anilines is 1. The maximum Gasteiger partial charge on any atom is 0.197 e. The number of benzene rings is 2. The molecule has 0 spiro atoms. The molecule has 2 aromatic carbocycles. The number of nitrogen functional groups attached to an aromatic ring is 1. The summed E-state index contributed by atoms with van der Waals surface area (Å²) in [5.74, 6) is -0.0729. The number of rotatable bonds is 2. The lowest BCUT2D eigenvalue weighted by atomic mass is 10.0. The minimum atomic E-state index is -0.0729. The van der Waals surface area contributed by atoms with Crippen molar-refractivity contribution in [3.63, 3.8) is 0 Å². The summed E-state index contributed by atoms with van der Waals surface area (Å²) in [5.41, 5.74) is 8.44. The zero-order chi connectivity index (χ0) is 13.4. The molecule has 3 nitrogen and oxygen atoms in total. The lowest BCUT2D eigenvalue weighted by Gasteiger charge is -2.04. The quantitative estimate of drug-likeness (QED) is 0.559. The Bertz CT molecular complexity index is 777. The van der Waals surface area contributed by atoms with E-state index in [1.165, 1.54) is 0 Å². The molecule has 0 saturated heterocycles. The van der Waals surface area contributed by atoms with Crippen LogP contribution in [0.25, 0.3) is 10.9 Å². The van der Waals surface area contributed by atoms with Gasteiger partial charge in [-0.15, -0.1) is 0 Å². The molecule has 3 rings (SSSR count). The van der Waals surface area contributed by atoms with Crippen LogP contribution in [0.2, 0.25) is 0 Å². The van der Waals surface area contributed by atoms with E-state index in [0.29, 0.717) is 16.8 Å². The van der Waals surface area contributed by atoms with Crippen LogP contribution in [0, 0.1) is 0 Å². The van der Waals surface area contributed by atoms with Gasteiger partial charge in [0.05, 0.1) is 0 Å². The van der Waals surface area contributed by atoms with Crippen LogP contribution < -0.4 is 5.73 Å². The summed E-state index contributed by atoms with van der Waals surface area (Å²) in [7, 11) is 0. The summed E-state index contributed by atoms with van der Waals surface area (Å²) >= 11 is 3.48. The average Bonchev–Trinajstić information content (AvgIpc) is 2.84. The van der Waals surface area contributed by atoms with Crippen molar-refractivity contribution in [3.8, 4) is 0 Å². The molecule has 0 amide bonds. The number of fused-ring (bicyclic) bond motifs is 1. The summed E-state index contributed by atoms with van der Waals surface area (Å²) < 4.78 is 0.893. The summed E-state index contributed by atoms with van der Waals surface area (Å²) in [6, 6.07) is 12.9. The van der Waals surface area contributed by atoms with E-state index >= 15 is 0 Å². The number of nitrogens with one attached hydrogen (secondary N) is 1. The van der Waals surface area contributed by atoms with E-state index in [2.05, 4.69) is 20.9 Å². The summed E-state index contributed by atoms with van der Waals surface area (Å²) in [6.07, 6.45) is 1.73. The van der Waals surface area contributed by atoms with Crippen molar-refractivity contribution in [1.29, 1.82) is 0 Å². The van der Waals surface area contributed by atoms with Crippen molar-refractivity contribution in [3.05, 3.63) is 64.3 Å². The van der Waals surface area contributed by atoms with Crippen molar-refractivity contribution in [2.45, 2.75) is 0 Å². The van der Waals surface area contributed by atoms with Gasteiger partial charge in [-0.1, -0.05) is 34.1 Å². The highest BCUT2D eigenvalue weighted by Gasteiger charge is 2.17. The highest BCUT2D eigenvalue weighted by atomic mass is 79.9. The normalized spacial score (nSPS) is 10.8. The third-order valence-electron chi connectivity index (χ3n) is 3.10. The van der Waals surface area contributed by atoms with E-state index < -0.39 is 0 Å². The van der Waals surface area contributed by atoms with Crippen molar-refractivity contribution >= 4 is 38.3 Å². The predicted molar refractivity (Wildman–Crippen MR) is 80.3 cm³/mol. The first-order valence-electron chi connectivity index (χ1n) is 5.83. The Hall–Kier alpha value is -2.07. The molecule has 0 aliphatic carbocycles. The largest absolute Gasteiger partial charge is 0.398 e. The Morgan fingerprint density at radius 2 is 1.84 bits per heavy atom. The summed E-state index contributed by atoms with van der Waals surface area (Å²) in [5, 5.41) is 0.885.